The molecular weight excluding hydrogens is 364 g/mol. The standard InChI is InChI=1S/C20H24N2O4S/c1-2-25-19(23)18-16(12-17(21)27-18)15-8-10-22(11-9-15)20(24)26-13-14-6-4-3-5-7-14/h3-7,12,15H,2,8-11,13,21H2,1H3. The van der Waals surface area contributed by atoms with Gasteiger partial charge in [-0.3, -0.25) is 0 Å². The summed E-state index contributed by atoms with van der Waals surface area (Å²) < 4.78 is 10.5. The minimum atomic E-state index is -0.320. The van der Waals surface area contributed by atoms with Gasteiger partial charge in [-0.05, 0) is 42.9 Å². The van der Waals surface area contributed by atoms with Gasteiger partial charge in [0.2, 0.25) is 0 Å². The number of anilines is 1. The number of carbonyl (C=O) groups excluding carboxylic acids is 2. The molecule has 27 heavy (non-hydrogen) atoms. The van der Waals surface area contributed by atoms with Crippen LogP contribution in [0.15, 0.2) is 36.4 Å². The number of amides is 1. The summed E-state index contributed by atoms with van der Waals surface area (Å²) in [5.74, 6) is -0.130. The number of piperidine rings is 1. The highest BCUT2D eigenvalue weighted by Gasteiger charge is 2.29. The minimum absolute atomic E-state index is 0.191. The molecule has 0 atom stereocenters. The van der Waals surface area contributed by atoms with Crippen LogP contribution in [-0.4, -0.2) is 36.7 Å². The highest BCUT2D eigenvalue weighted by Crippen LogP contribution is 2.36. The molecule has 3 rings (SSSR count). The van der Waals surface area contributed by atoms with Crippen LogP contribution in [0.5, 0.6) is 0 Å². The van der Waals surface area contributed by atoms with Gasteiger partial charge in [0, 0.05) is 13.1 Å². The van der Waals surface area contributed by atoms with Gasteiger partial charge in [-0.2, -0.15) is 0 Å². The van der Waals surface area contributed by atoms with E-state index in [2.05, 4.69) is 0 Å². The third kappa shape index (κ3) is 4.80. The number of hydrogen-bond donors (Lipinski definition) is 1. The molecule has 1 amide bonds. The third-order valence-electron chi connectivity index (χ3n) is 4.64. The van der Waals surface area contributed by atoms with Gasteiger partial charge in [0.05, 0.1) is 11.6 Å². The molecule has 2 N–H and O–H groups in total. The molecule has 0 unspecified atom stereocenters. The molecule has 0 saturated carbocycles. The molecule has 7 heteroatoms. The number of ether oxygens (including phenoxy) is 2. The fraction of sp³-hybridized carbons (Fsp3) is 0.400. The highest BCUT2D eigenvalue weighted by molar-refractivity contribution is 7.17. The van der Waals surface area contributed by atoms with Crippen molar-refractivity contribution in [2.24, 2.45) is 0 Å². The largest absolute Gasteiger partial charge is 0.462 e. The zero-order valence-electron chi connectivity index (χ0n) is 15.3. The van der Waals surface area contributed by atoms with Crippen molar-refractivity contribution in [3.05, 3.63) is 52.4 Å². The minimum Gasteiger partial charge on any atom is -0.462 e. The van der Waals surface area contributed by atoms with Crippen LogP contribution in [0.3, 0.4) is 0 Å². The molecule has 1 aromatic carbocycles. The molecule has 1 fully saturated rings. The molecule has 2 heterocycles. The molecule has 2 aromatic rings. The van der Waals surface area contributed by atoms with Crippen LogP contribution < -0.4 is 5.73 Å². The van der Waals surface area contributed by atoms with Crippen molar-refractivity contribution in [3.63, 3.8) is 0 Å². The van der Waals surface area contributed by atoms with Crippen molar-refractivity contribution in [3.8, 4) is 0 Å². The normalized spacial score (nSPS) is 14.8. The lowest BCUT2D eigenvalue weighted by Crippen LogP contribution is -2.38. The SMILES string of the molecule is CCOC(=O)c1sc(N)cc1C1CCN(C(=O)OCc2ccccc2)CC1. The molecule has 0 bridgehead atoms. The maximum absolute atomic E-state index is 12.3. The lowest BCUT2D eigenvalue weighted by molar-refractivity contribution is 0.0528. The van der Waals surface area contributed by atoms with Gasteiger partial charge in [0.15, 0.2) is 0 Å². The van der Waals surface area contributed by atoms with E-state index in [0.717, 1.165) is 24.0 Å². The van der Waals surface area contributed by atoms with E-state index >= 15 is 0 Å². The summed E-state index contributed by atoms with van der Waals surface area (Å²) >= 11 is 1.27. The summed E-state index contributed by atoms with van der Waals surface area (Å²) in [6.07, 6.45) is 1.24. The van der Waals surface area contributed by atoms with E-state index in [1.165, 1.54) is 11.3 Å². The monoisotopic (exact) mass is 388 g/mol. The van der Waals surface area contributed by atoms with Crippen LogP contribution in [0.25, 0.3) is 0 Å². The summed E-state index contributed by atoms with van der Waals surface area (Å²) in [6, 6.07) is 11.5. The summed E-state index contributed by atoms with van der Waals surface area (Å²) in [5.41, 5.74) is 7.82. The van der Waals surface area contributed by atoms with E-state index < -0.39 is 0 Å². The molecule has 1 aliphatic heterocycles. The molecule has 1 saturated heterocycles. The van der Waals surface area contributed by atoms with Gasteiger partial charge in [0.1, 0.15) is 11.5 Å². The number of benzene rings is 1. The third-order valence-corrected chi connectivity index (χ3v) is 5.60. The van der Waals surface area contributed by atoms with E-state index in [-0.39, 0.29) is 24.6 Å². The Morgan fingerprint density at radius 2 is 1.89 bits per heavy atom. The molecule has 1 aliphatic rings. The number of likely N-dealkylation sites (tertiary alicyclic amines) is 1. The van der Waals surface area contributed by atoms with Gasteiger partial charge < -0.3 is 20.1 Å². The Bertz CT molecular complexity index is 783. The average Bonchev–Trinajstić information content (AvgIpc) is 3.09. The first-order chi connectivity index (χ1) is 13.1. The van der Waals surface area contributed by atoms with E-state index in [4.69, 9.17) is 15.2 Å². The highest BCUT2D eigenvalue weighted by atomic mass is 32.1. The van der Waals surface area contributed by atoms with E-state index in [0.29, 0.717) is 29.6 Å². The second-order valence-corrected chi connectivity index (χ2v) is 7.54. The number of carbonyl (C=O) groups is 2. The van der Waals surface area contributed by atoms with Gasteiger partial charge in [-0.25, -0.2) is 9.59 Å². The maximum Gasteiger partial charge on any atom is 0.410 e. The summed E-state index contributed by atoms with van der Waals surface area (Å²) in [7, 11) is 0. The number of rotatable bonds is 5. The molecule has 6 nitrogen and oxygen atoms in total. The van der Waals surface area contributed by atoms with Crippen LogP contribution in [-0.2, 0) is 16.1 Å². The quantitative estimate of drug-likeness (QED) is 0.782. The predicted molar refractivity (Wildman–Crippen MR) is 105 cm³/mol. The van der Waals surface area contributed by atoms with Crippen molar-refractivity contribution in [2.75, 3.05) is 25.4 Å². The Balaban J connectivity index is 1.56. The van der Waals surface area contributed by atoms with E-state index in [1.54, 1.807) is 11.8 Å². The van der Waals surface area contributed by atoms with E-state index in [1.807, 2.05) is 36.4 Å². The summed E-state index contributed by atoms with van der Waals surface area (Å²) in [4.78, 5) is 26.8. The van der Waals surface area contributed by atoms with Gasteiger partial charge in [-0.15, -0.1) is 11.3 Å². The maximum atomic E-state index is 12.3. The van der Waals surface area contributed by atoms with Crippen LogP contribution >= 0.6 is 11.3 Å². The Labute approximate surface area is 162 Å². The van der Waals surface area contributed by atoms with Crippen molar-refractivity contribution >= 4 is 28.4 Å². The molecular formula is C20H24N2O4S. The van der Waals surface area contributed by atoms with Crippen LogP contribution in [0.4, 0.5) is 9.80 Å². The Hall–Kier alpha value is -2.54. The molecule has 0 radical (unpaired) electrons. The molecule has 0 aliphatic carbocycles. The van der Waals surface area contributed by atoms with Crippen molar-refractivity contribution in [2.45, 2.75) is 32.3 Å². The van der Waals surface area contributed by atoms with Gasteiger partial charge >= 0.3 is 12.1 Å². The summed E-state index contributed by atoms with van der Waals surface area (Å²) in [6.45, 7) is 3.58. The smallest absolute Gasteiger partial charge is 0.410 e. The van der Waals surface area contributed by atoms with Crippen LogP contribution in [0, 0.1) is 0 Å². The zero-order chi connectivity index (χ0) is 19.2. The summed E-state index contributed by atoms with van der Waals surface area (Å²) in [5, 5.41) is 0.609. The lowest BCUT2D eigenvalue weighted by Gasteiger charge is -2.31. The second kappa shape index (κ2) is 8.90. The number of nitrogen functional groups attached to an aromatic ring is 1. The zero-order valence-corrected chi connectivity index (χ0v) is 16.2. The van der Waals surface area contributed by atoms with Crippen molar-refractivity contribution in [1.82, 2.24) is 4.90 Å². The number of hydrogen-bond acceptors (Lipinski definition) is 6. The number of thiophene rings is 1. The molecule has 144 valence electrons. The predicted octanol–water partition coefficient (Wildman–Crippen LogP) is 4.02. The van der Waals surface area contributed by atoms with E-state index in [9.17, 15) is 9.59 Å². The van der Waals surface area contributed by atoms with Gasteiger partial charge in [-0.1, -0.05) is 30.3 Å². The second-order valence-electron chi connectivity index (χ2n) is 6.46. The number of nitrogens with two attached hydrogens (primary N) is 1. The fourth-order valence-corrected chi connectivity index (χ4v) is 4.18. The Morgan fingerprint density at radius 3 is 2.56 bits per heavy atom. The first kappa shape index (κ1) is 19.2. The molecule has 0 spiro atoms. The number of esters is 1. The number of nitrogens with zero attached hydrogens (tertiary/aromatic N) is 1. The fourth-order valence-electron chi connectivity index (χ4n) is 3.27. The average molecular weight is 388 g/mol. The Morgan fingerprint density at radius 1 is 1.19 bits per heavy atom. The first-order valence-electron chi connectivity index (χ1n) is 9.10. The van der Waals surface area contributed by atoms with Crippen LogP contribution in [0.2, 0.25) is 0 Å². The Kier molecular flexibility index (Phi) is 6.34. The van der Waals surface area contributed by atoms with Crippen LogP contribution in [0.1, 0.15) is 46.5 Å². The topological polar surface area (TPSA) is 81.9 Å². The first-order valence-corrected chi connectivity index (χ1v) is 9.92. The molecule has 1 aromatic heterocycles. The van der Waals surface area contributed by atoms with Crippen molar-refractivity contribution in [1.29, 1.82) is 0 Å². The van der Waals surface area contributed by atoms with Gasteiger partial charge in [0.25, 0.3) is 0 Å². The lowest BCUT2D eigenvalue weighted by atomic mass is 9.89. The van der Waals surface area contributed by atoms with Crippen molar-refractivity contribution < 1.29 is 19.1 Å².